The van der Waals surface area contributed by atoms with E-state index in [2.05, 4.69) is 17.2 Å². The van der Waals surface area contributed by atoms with Gasteiger partial charge in [-0.25, -0.2) is 4.98 Å². The molecule has 122 valence electrons. The van der Waals surface area contributed by atoms with Crippen molar-refractivity contribution in [1.29, 1.82) is 0 Å². The van der Waals surface area contributed by atoms with Gasteiger partial charge < -0.3 is 11.1 Å². The van der Waals surface area contributed by atoms with E-state index in [9.17, 15) is 4.79 Å². The summed E-state index contributed by atoms with van der Waals surface area (Å²) in [6.45, 7) is 4.88. The third kappa shape index (κ3) is 6.10. The molecule has 7 heteroatoms. The minimum atomic E-state index is 0. The number of nitrogens with zero attached hydrogens (tertiary/aromatic N) is 1. The van der Waals surface area contributed by atoms with Crippen molar-refractivity contribution in [2.75, 3.05) is 6.54 Å². The summed E-state index contributed by atoms with van der Waals surface area (Å²) in [6, 6.07) is 0.219. The zero-order valence-corrected chi connectivity index (χ0v) is 15.0. The lowest BCUT2D eigenvalue weighted by molar-refractivity contribution is -0.124. The molecule has 1 heterocycles. The van der Waals surface area contributed by atoms with Crippen molar-refractivity contribution in [3.05, 3.63) is 15.6 Å². The number of hydrogen-bond acceptors (Lipinski definition) is 4. The van der Waals surface area contributed by atoms with Crippen molar-refractivity contribution in [2.24, 2.45) is 11.7 Å². The van der Waals surface area contributed by atoms with Gasteiger partial charge >= 0.3 is 0 Å². The first-order valence-corrected chi connectivity index (χ1v) is 7.84. The van der Waals surface area contributed by atoms with Crippen molar-refractivity contribution in [3.63, 3.8) is 0 Å². The molecule has 0 radical (unpaired) electrons. The van der Waals surface area contributed by atoms with Crippen LogP contribution in [0.4, 0.5) is 0 Å². The summed E-state index contributed by atoms with van der Waals surface area (Å²) in [7, 11) is 0. The van der Waals surface area contributed by atoms with Crippen LogP contribution < -0.4 is 11.1 Å². The highest BCUT2D eigenvalue weighted by Crippen LogP contribution is 2.24. The van der Waals surface area contributed by atoms with Gasteiger partial charge in [-0.2, -0.15) is 0 Å². The number of hydrogen-bond donors (Lipinski definition) is 2. The molecule has 0 spiro atoms. The monoisotopic (exact) mass is 353 g/mol. The number of aromatic nitrogens is 1. The quantitative estimate of drug-likeness (QED) is 0.799. The van der Waals surface area contributed by atoms with Gasteiger partial charge in [-0.15, -0.1) is 36.2 Å². The van der Waals surface area contributed by atoms with E-state index >= 15 is 0 Å². The Bertz CT molecular complexity index is 434. The number of carbonyl (C=O) groups excluding carboxylic acids is 1. The van der Waals surface area contributed by atoms with Crippen LogP contribution in [0.25, 0.3) is 0 Å². The zero-order chi connectivity index (χ0) is 13.8. The van der Waals surface area contributed by atoms with Crippen LogP contribution in [0, 0.1) is 19.8 Å². The SMILES string of the molecule is Cc1nc(CCCNC(=O)[C@H]2CC[C@@H](N)C2)sc1C.Cl.Cl. The van der Waals surface area contributed by atoms with Crippen molar-refractivity contribution < 1.29 is 4.79 Å². The number of aryl methyl sites for hydroxylation is 3. The Hall–Kier alpha value is -0.360. The zero-order valence-electron chi connectivity index (χ0n) is 12.6. The van der Waals surface area contributed by atoms with E-state index in [-0.39, 0.29) is 42.7 Å². The van der Waals surface area contributed by atoms with Gasteiger partial charge in [0.1, 0.15) is 0 Å². The first-order valence-electron chi connectivity index (χ1n) is 7.02. The van der Waals surface area contributed by atoms with Gasteiger partial charge in [0.2, 0.25) is 5.91 Å². The summed E-state index contributed by atoms with van der Waals surface area (Å²) < 4.78 is 0. The average Bonchev–Trinajstić information content (AvgIpc) is 2.92. The summed E-state index contributed by atoms with van der Waals surface area (Å²) in [5, 5.41) is 4.19. The number of nitrogens with two attached hydrogens (primary N) is 1. The number of amides is 1. The Labute approximate surface area is 143 Å². The molecule has 0 aliphatic heterocycles. The second-order valence-corrected chi connectivity index (χ2v) is 6.70. The molecular weight excluding hydrogens is 329 g/mol. The topological polar surface area (TPSA) is 68.0 Å². The van der Waals surface area contributed by atoms with Gasteiger partial charge in [-0.1, -0.05) is 0 Å². The van der Waals surface area contributed by atoms with Crippen LogP contribution in [0.1, 0.15) is 41.3 Å². The molecule has 0 bridgehead atoms. The Kier molecular flexibility index (Phi) is 9.45. The van der Waals surface area contributed by atoms with E-state index < -0.39 is 0 Å². The lowest BCUT2D eigenvalue weighted by Gasteiger charge is -2.10. The normalized spacial score (nSPS) is 20.5. The molecule has 1 fully saturated rings. The molecule has 1 aliphatic rings. The highest BCUT2D eigenvalue weighted by molar-refractivity contribution is 7.11. The van der Waals surface area contributed by atoms with Crippen LogP contribution in [-0.4, -0.2) is 23.5 Å². The standard InChI is InChI=1S/C14H23N3OS.2ClH/c1-9-10(2)19-13(17-9)4-3-7-16-14(18)11-5-6-12(15)8-11;;/h11-12H,3-8,15H2,1-2H3,(H,16,18);2*1H/t11-,12+;;/m0../s1. The molecule has 4 nitrogen and oxygen atoms in total. The molecule has 0 aromatic carbocycles. The molecule has 3 N–H and O–H groups in total. The highest BCUT2D eigenvalue weighted by Gasteiger charge is 2.27. The molecule has 1 aromatic heterocycles. The largest absolute Gasteiger partial charge is 0.356 e. The number of rotatable bonds is 5. The molecular formula is C14H25Cl2N3OS. The Morgan fingerprint density at radius 3 is 2.62 bits per heavy atom. The minimum absolute atomic E-state index is 0. The molecule has 2 rings (SSSR count). The van der Waals surface area contributed by atoms with Gasteiger partial charge in [-0.3, -0.25) is 4.79 Å². The summed E-state index contributed by atoms with van der Waals surface area (Å²) in [5.74, 6) is 0.318. The van der Waals surface area contributed by atoms with E-state index in [1.54, 1.807) is 11.3 Å². The summed E-state index contributed by atoms with van der Waals surface area (Å²) in [5.41, 5.74) is 6.95. The van der Waals surface area contributed by atoms with Crippen molar-refractivity contribution >= 4 is 42.1 Å². The molecule has 21 heavy (non-hydrogen) atoms. The van der Waals surface area contributed by atoms with Crippen LogP contribution in [0.5, 0.6) is 0 Å². The molecule has 1 aromatic rings. The van der Waals surface area contributed by atoms with Gasteiger partial charge in [0, 0.05) is 29.8 Å². The maximum Gasteiger partial charge on any atom is 0.223 e. The molecule has 0 unspecified atom stereocenters. The van der Waals surface area contributed by atoms with E-state index in [4.69, 9.17) is 5.73 Å². The predicted molar refractivity (Wildman–Crippen MR) is 92.7 cm³/mol. The molecule has 1 amide bonds. The maximum absolute atomic E-state index is 11.9. The van der Waals surface area contributed by atoms with Crippen LogP contribution in [0.15, 0.2) is 0 Å². The summed E-state index contributed by atoms with van der Waals surface area (Å²) in [4.78, 5) is 17.7. The second kappa shape index (κ2) is 9.62. The van der Waals surface area contributed by atoms with Crippen LogP contribution in [0.3, 0.4) is 0 Å². The first kappa shape index (κ1) is 20.6. The summed E-state index contributed by atoms with van der Waals surface area (Å²) >= 11 is 1.76. The van der Waals surface area contributed by atoms with E-state index in [0.717, 1.165) is 44.3 Å². The maximum atomic E-state index is 11.9. The second-order valence-electron chi connectivity index (χ2n) is 5.41. The van der Waals surface area contributed by atoms with E-state index in [1.165, 1.54) is 9.88 Å². The smallest absolute Gasteiger partial charge is 0.223 e. The highest BCUT2D eigenvalue weighted by atomic mass is 35.5. The number of carbonyl (C=O) groups is 1. The number of halogens is 2. The Balaban J connectivity index is 0.00000200. The number of thiazole rings is 1. The van der Waals surface area contributed by atoms with Gasteiger partial charge in [0.05, 0.1) is 10.7 Å². The molecule has 2 atom stereocenters. The van der Waals surface area contributed by atoms with E-state index in [1.807, 2.05) is 6.92 Å². The van der Waals surface area contributed by atoms with Crippen molar-refractivity contribution in [3.8, 4) is 0 Å². The number of nitrogens with one attached hydrogen (secondary N) is 1. The fourth-order valence-corrected chi connectivity index (χ4v) is 3.47. The molecule has 1 aliphatic carbocycles. The van der Waals surface area contributed by atoms with Crippen molar-refractivity contribution in [1.82, 2.24) is 10.3 Å². The first-order chi connectivity index (χ1) is 9.06. The lowest BCUT2D eigenvalue weighted by Crippen LogP contribution is -2.31. The average molecular weight is 354 g/mol. The lowest BCUT2D eigenvalue weighted by atomic mass is 10.1. The molecule has 0 saturated heterocycles. The fourth-order valence-electron chi connectivity index (χ4n) is 2.50. The Morgan fingerprint density at radius 1 is 1.38 bits per heavy atom. The van der Waals surface area contributed by atoms with Crippen molar-refractivity contribution in [2.45, 2.75) is 52.0 Å². The van der Waals surface area contributed by atoms with E-state index in [0.29, 0.717) is 0 Å². The van der Waals surface area contributed by atoms with Crippen LogP contribution >= 0.6 is 36.2 Å². The van der Waals surface area contributed by atoms with Gasteiger partial charge in [0.15, 0.2) is 0 Å². The van der Waals surface area contributed by atoms with Crippen LogP contribution in [-0.2, 0) is 11.2 Å². The Morgan fingerprint density at radius 2 is 2.10 bits per heavy atom. The molecule has 1 saturated carbocycles. The third-order valence-electron chi connectivity index (χ3n) is 3.78. The van der Waals surface area contributed by atoms with Gasteiger partial charge in [-0.05, 0) is 39.5 Å². The predicted octanol–water partition coefficient (Wildman–Crippen LogP) is 2.78. The fraction of sp³-hybridized carbons (Fsp3) is 0.714. The third-order valence-corrected chi connectivity index (χ3v) is 4.92. The summed E-state index contributed by atoms with van der Waals surface area (Å²) in [6.07, 6.45) is 4.67. The van der Waals surface area contributed by atoms with Gasteiger partial charge in [0.25, 0.3) is 0 Å². The van der Waals surface area contributed by atoms with Crippen LogP contribution in [0.2, 0.25) is 0 Å². The minimum Gasteiger partial charge on any atom is -0.356 e.